The van der Waals surface area contributed by atoms with Crippen LogP contribution in [0.25, 0.3) is 22.2 Å². The maximum Gasteiger partial charge on any atom is 0.256 e. The zero-order chi connectivity index (χ0) is 21.8. The van der Waals surface area contributed by atoms with Crippen molar-refractivity contribution in [1.29, 1.82) is 0 Å². The third-order valence-corrected chi connectivity index (χ3v) is 5.50. The largest absolute Gasteiger partial charge is 0.372 e. The van der Waals surface area contributed by atoms with E-state index >= 15 is 0 Å². The van der Waals surface area contributed by atoms with E-state index in [-0.39, 0.29) is 5.91 Å². The zero-order valence-corrected chi connectivity index (χ0v) is 18.1. The van der Waals surface area contributed by atoms with Crippen LogP contribution >= 0.6 is 0 Å². The van der Waals surface area contributed by atoms with Crippen LogP contribution in [0, 0.1) is 6.92 Å². The molecule has 0 fully saturated rings. The number of amides is 1. The molecule has 0 aliphatic carbocycles. The molecule has 5 nitrogen and oxygen atoms in total. The zero-order valence-electron chi connectivity index (χ0n) is 18.1. The molecule has 0 bridgehead atoms. The van der Waals surface area contributed by atoms with Crippen molar-refractivity contribution in [2.45, 2.75) is 20.8 Å². The lowest BCUT2D eigenvalue weighted by Gasteiger charge is -2.22. The average Bonchev–Trinajstić information content (AvgIpc) is 2.81. The van der Waals surface area contributed by atoms with Crippen LogP contribution < -0.4 is 10.2 Å². The predicted molar refractivity (Wildman–Crippen MR) is 128 cm³/mol. The van der Waals surface area contributed by atoms with Crippen LogP contribution in [-0.2, 0) is 0 Å². The molecule has 0 atom stereocenters. The summed E-state index contributed by atoms with van der Waals surface area (Å²) in [5.41, 5.74) is 5.98. The number of pyridine rings is 2. The van der Waals surface area contributed by atoms with Gasteiger partial charge in [0.2, 0.25) is 0 Å². The average molecular weight is 411 g/mol. The fraction of sp³-hybridized carbons (Fsp3) is 0.192. The second-order valence-electron chi connectivity index (χ2n) is 7.44. The van der Waals surface area contributed by atoms with Crippen molar-refractivity contribution in [2.24, 2.45) is 0 Å². The third-order valence-electron chi connectivity index (χ3n) is 5.50. The Morgan fingerprint density at radius 1 is 1.00 bits per heavy atom. The summed E-state index contributed by atoms with van der Waals surface area (Å²) in [5, 5.41) is 3.92. The number of nitrogens with zero attached hydrogens (tertiary/aromatic N) is 3. The van der Waals surface area contributed by atoms with Gasteiger partial charge in [-0.3, -0.25) is 9.78 Å². The summed E-state index contributed by atoms with van der Waals surface area (Å²) >= 11 is 0. The Balaban J connectivity index is 1.71. The molecule has 1 amide bonds. The summed E-state index contributed by atoms with van der Waals surface area (Å²) in [7, 11) is 0. The van der Waals surface area contributed by atoms with E-state index in [0.717, 1.165) is 52.2 Å². The number of carbonyl (C=O) groups excluding carboxylic acids is 1. The van der Waals surface area contributed by atoms with Crippen molar-refractivity contribution in [3.63, 3.8) is 0 Å². The lowest BCUT2D eigenvalue weighted by Crippen LogP contribution is -2.22. The van der Waals surface area contributed by atoms with E-state index < -0.39 is 0 Å². The SMILES string of the molecule is CCN(CC)c1ccc(NC(=O)c2cc(-c3cccnc3)nc3ccccc23)c(C)c1. The van der Waals surface area contributed by atoms with Gasteiger partial charge in [0.1, 0.15) is 0 Å². The van der Waals surface area contributed by atoms with Crippen LogP contribution in [-0.4, -0.2) is 29.0 Å². The second-order valence-corrected chi connectivity index (χ2v) is 7.44. The molecule has 0 aliphatic rings. The number of rotatable bonds is 6. The molecule has 1 N–H and O–H groups in total. The van der Waals surface area contributed by atoms with Gasteiger partial charge >= 0.3 is 0 Å². The molecule has 2 aromatic carbocycles. The van der Waals surface area contributed by atoms with E-state index in [1.165, 1.54) is 0 Å². The lowest BCUT2D eigenvalue weighted by atomic mass is 10.0. The standard InChI is InChI=1S/C26H26N4O/c1-4-30(5-2)20-12-13-23(18(3)15-20)29-26(31)22-16-25(19-9-8-14-27-17-19)28-24-11-7-6-10-21(22)24/h6-17H,4-5H2,1-3H3,(H,29,31). The number of aryl methyl sites for hydroxylation is 1. The number of aromatic nitrogens is 2. The van der Waals surface area contributed by atoms with Crippen molar-refractivity contribution in [2.75, 3.05) is 23.3 Å². The first kappa shape index (κ1) is 20.5. The molecule has 31 heavy (non-hydrogen) atoms. The Morgan fingerprint density at radius 2 is 1.81 bits per heavy atom. The smallest absolute Gasteiger partial charge is 0.256 e. The summed E-state index contributed by atoms with van der Waals surface area (Å²) in [6, 6.07) is 19.5. The minimum Gasteiger partial charge on any atom is -0.372 e. The monoisotopic (exact) mass is 410 g/mol. The van der Waals surface area contributed by atoms with E-state index in [9.17, 15) is 4.79 Å². The molecule has 156 valence electrons. The van der Waals surface area contributed by atoms with E-state index in [1.807, 2.05) is 55.5 Å². The molecule has 4 aromatic rings. The quantitative estimate of drug-likeness (QED) is 0.443. The first-order valence-corrected chi connectivity index (χ1v) is 10.6. The van der Waals surface area contributed by atoms with E-state index in [4.69, 9.17) is 4.98 Å². The fourth-order valence-electron chi connectivity index (χ4n) is 3.79. The molecule has 0 radical (unpaired) electrons. The highest BCUT2D eigenvalue weighted by Gasteiger charge is 2.15. The number of benzene rings is 2. The number of hydrogen-bond donors (Lipinski definition) is 1. The number of hydrogen-bond acceptors (Lipinski definition) is 4. The van der Waals surface area contributed by atoms with Gasteiger partial charge < -0.3 is 10.2 Å². The molecule has 4 rings (SSSR count). The van der Waals surface area contributed by atoms with Crippen molar-refractivity contribution < 1.29 is 4.79 Å². The maximum absolute atomic E-state index is 13.3. The van der Waals surface area contributed by atoms with E-state index in [1.54, 1.807) is 12.4 Å². The minimum absolute atomic E-state index is 0.151. The number of anilines is 2. The molecule has 5 heteroatoms. The number of fused-ring (bicyclic) bond motifs is 1. The molecule has 0 spiro atoms. The van der Waals surface area contributed by atoms with Crippen molar-refractivity contribution >= 4 is 28.2 Å². The lowest BCUT2D eigenvalue weighted by molar-refractivity contribution is 0.102. The number of carbonyl (C=O) groups is 1. The third kappa shape index (κ3) is 4.26. The van der Waals surface area contributed by atoms with E-state index in [2.05, 4.69) is 41.2 Å². The molecule has 0 unspecified atom stereocenters. The van der Waals surface area contributed by atoms with Gasteiger partial charge in [-0.1, -0.05) is 18.2 Å². The topological polar surface area (TPSA) is 58.1 Å². The Morgan fingerprint density at radius 3 is 2.52 bits per heavy atom. The van der Waals surface area contributed by atoms with Gasteiger partial charge in [-0.2, -0.15) is 0 Å². The maximum atomic E-state index is 13.3. The van der Waals surface area contributed by atoms with Crippen LogP contribution in [0.1, 0.15) is 29.8 Å². The fourth-order valence-corrected chi connectivity index (χ4v) is 3.79. The van der Waals surface area contributed by atoms with Crippen LogP contribution in [0.5, 0.6) is 0 Å². The van der Waals surface area contributed by atoms with E-state index in [0.29, 0.717) is 5.56 Å². The molecule has 0 aliphatic heterocycles. The molecule has 0 saturated heterocycles. The first-order valence-electron chi connectivity index (χ1n) is 10.6. The van der Waals surface area contributed by atoms with Crippen LogP contribution in [0.15, 0.2) is 73.1 Å². The number of para-hydroxylation sites is 1. The molecule has 2 aromatic heterocycles. The number of nitrogens with one attached hydrogen (secondary N) is 1. The van der Waals surface area contributed by atoms with Gasteiger partial charge in [0.05, 0.1) is 16.8 Å². The van der Waals surface area contributed by atoms with Crippen molar-refractivity contribution in [1.82, 2.24) is 9.97 Å². The summed E-state index contributed by atoms with van der Waals surface area (Å²) in [5.74, 6) is -0.151. The summed E-state index contributed by atoms with van der Waals surface area (Å²) in [6.45, 7) is 8.20. The van der Waals surface area contributed by atoms with Crippen molar-refractivity contribution in [3.8, 4) is 11.3 Å². The molecular formula is C26H26N4O. The van der Waals surface area contributed by atoms with Crippen LogP contribution in [0.3, 0.4) is 0 Å². The first-order chi connectivity index (χ1) is 15.1. The highest BCUT2D eigenvalue weighted by Crippen LogP contribution is 2.27. The highest BCUT2D eigenvalue weighted by atomic mass is 16.1. The Kier molecular flexibility index (Phi) is 5.94. The van der Waals surface area contributed by atoms with Crippen LogP contribution in [0.2, 0.25) is 0 Å². The molecular weight excluding hydrogens is 384 g/mol. The van der Waals surface area contributed by atoms with Crippen LogP contribution in [0.4, 0.5) is 11.4 Å². The van der Waals surface area contributed by atoms with Gasteiger partial charge in [0.15, 0.2) is 0 Å². The van der Waals surface area contributed by atoms with Gasteiger partial charge in [0, 0.05) is 47.8 Å². The summed E-state index contributed by atoms with van der Waals surface area (Å²) in [4.78, 5) is 24.5. The summed E-state index contributed by atoms with van der Waals surface area (Å²) < 4.78 is 0. The highest BCUT2D eigenvalue weighted by molar-refractivity contribution is 6.13. The predicted octanol–water partition coefficient (Wildman–Crippen LogP) is 5.70. The Labute approximate surface area is 182 Å². The summed E-state index contributed by atoms with van der Waals surface area (Å²) in [6.07, 6.45) is 3.48. The van der Waals surface area contributed by atoms with Crippen molar-refractivity contribution in [3.05, 3.63) is 84.2 Å². The molecule has 0 saturated carbocycles. The van der Waals surface area contributed by atoms with Gasteiger partial charge in [-0.25, -0.2) is 4.98 Å². The van der Waals surface area contributed by atoms with Gasteiger partial charge in [-0.05, 0) is 68.8 Å². The van der Waals surface area contributed by atoms with Gasteiger partial charge in [0.25, 0.3) is 5.91 Å². The van der Waals surface area contributed by atoms with Gasteiger partial charge in [-0.15, -0.1) is 0 Å². The Hall–Kier alpha value is -3.73. The minimum atomic E-state index is -0.151. The second kappa shape index (κ2) is 8.96. The Bertz CT molecular complexity index is 1220. The normalized spacial score (nSPS) is 10.8. The molecule has 2 heterocycles.